The Balaban J connectivity index is 1.96. The van der Waals surface area contributed by atoms with Gasteiger partial charge in [0.05, 0.1) is 6.54 Å². The Hall–Kier alpha value is -2.86. The van der Waals surface area contributed by atoms with Crippen molar-refractivity contribution in [2.45, 2.75) is 20.3 Å². The van der Waals surface area contributed by atoms with Crippen molar-refractivity contribution >= 4 is 40.7 Å². The molecule has 0 radical (unpaired) electrons. The summed E-state index contributed by atoms with van der Waals surface area (Å²) in [6.07, 6.45) is 0.366. The lowest BCUT2D eigenvalue weighted by Crippen LogP contribution is -2.33. The van der Waals surface area contributed by atoms with Crippen LogP contribution in [0.4, 0.5) is 11.4 Å². The number of halogens is 1. The zero-order valence-electron chi connectivity index (χ0n) is 14.6. The average molecular weight is 374 g/mol. The van der Waals surface area contributed by atoms with Gasteiger partial charge in [0.2, 0.25) is 11.8 Å². The van der Waals surface area contributed by atoms with E-state index in [0.717, 1.165) is 5.56 Å². The van der Waals surface area contributed by atoms with Crippen LogP contribution in [0.15, 0.2) is 42.5 Å². The summed E-state index contributed by atoms with van der Waals surface area (Å²) in [5.74, 6) is -0.870. The third-order valence-electron chi connectivity index (χ3n) is 3.61. The number of anilines is 2. The molecule has 0 spiro atoms. The molecule has 136 valence electrons. The molecule has 0 aliphatic rings. The van der Waals surface area contributed by atoms with E-state index < -0.39 is 0 Å². The Kier molecular flexibility index (Phi) is 6.74. The predicted octanol–water partition coefficient (Wildman–Crippen LogP) is 3.37. The quantitative estimate of drug-likeness (QED) is 0.725. The topological polar surface area (TPSA) is 87.3 Å². The maximum Gasteiger partial charge on any atom is 0.251 e. The summed E-state index contributed by atoms with van der Waals surface area (Å²) in [6, 6.07) is 11.7. The number of aryl methyl sites for hydroxylation is 1. The second kappa shape index (κ2) is 9.01. The third kappa shape index (κ3) is 5.60. The molecule has 0 heterocycles. The van der Waals surface area contributed by atoms with Crippen LogP contribution in [0, 0.1) is 6.92 Å². The van der Waals surface area contributed by atoms with Gasteiger partial charge in [-0.1, -0.05) is 30.7 Å². The number of rotatable bonds is 6. The number of amides is 3. The molecular weight excluding hydrogens is 354 g/mol. The normalized spacial score (nSPS) is 10.1. The van der Waals surface area contributed by atoms with E-state index in [0.29, 0.717) is 28.4 Å². The molecule has 0 saturated carbocycles. The maximum atomic E-state index is 12.1. The standard InChI is InChI=1S/C19H20ClN3O3/c1-3-17(24)22-15-8-7-12(2)16(10-15)23-18(25)11-21-19(26)13-5-4-6-14(20)9-13/h4-10H,3,11H2,1-2H3,(H,21,26)(H,22,24)(H,23,25). The Morgan fingerprint density at radius 3 is 2.46 bits per heavy atom. The second-order valence-corrected chi connectivity index (χ2v) is 6.11. The minimum absolute atomic E-state index is 0.111. The minimum atomic E-state index is -0.386. The summed E-state index contributed by atoms with van der Waals surface area (Å²) in [5.41, 5.74) is 2.39. The van der Waals surface area contributed by atoms with E-state index >= 15 is 0 Å². The molecule has 0 atom stereocenters. The summed E-state index contributed by atoms with van der Waals surface area (Å²) >= 11 is 5.85. The van der Waals surface area contributed by atoms with Crippen LogP contribution in [-0.2, 0) is 9.59 Å². The molecule has 0 unspecified atom stereocenters. The van der Waals surface area contributed by atoms with Crippen molar-refractivity contribution in [1.29, 1.82) is 0 Å². The van der Waals surface area contributed by atoms with Gasteiger partial charge in [-0.3, -0.25) is 14.4 Å². The lowest BCUT2D eigenvalue weighted by Gasteiger charge is -2.12. The van der Waals surface area contributed by atoms with Gasteiger partial charge in [0.1, 0.15) is 0 Å². The number of nitrogens with one attached hydrogen (secondary N) is 3. The highest BCUT2D eigenvalue weighted by Gasteiger charge is 2.10. The number of hydrogen-bond donors (Lipinski definition) is 3. The minimum Gasteiger partial charge on any atom is -0.343 e. The van der Waals surface area contributed by atoms with Crippen LogP contribution in [-0.4, -0.2) is 24.3 Å². The fourth-order valence-corrected chi connectivity index (χ4v) is 2.36. The van der Waals surface area contributed by atoms with Crippen LogP contribution in [0.5, 0.6) is 0 Å². The highest BCUT2D eigenvalue weighted by atomic mass is 35.5. The summed E-state index contributed by atoms with van der Waals surface area (Å²) in [4.78, 5) is 35.6. The van der Waals surface area contributed by atoms with Gasteiger partial charge in [0.15, 0.2) is 0 Å². The van der Waals surface area contributed by atoms with Crippen LogP contribution in [0.1, 0.15) is 29.3 Å². The van der Waals surface area contributed by atoms with E-state index in [1.807, 2.05) is 6.92 Å². The highest BCUT2D eigenvalue weighted by Crippen LogP contribution is 2.20. The first-order chi connectivity index (χ1) is 12.4. The lowest BCUT2D eigenvalue weighted by molar-refractivity contribution is -0.116. The molecule has 2 rings (SSSR count). The van der Waals surface area contributed by atoms with E-state index in [9.17, 15) is 14.4 Å². The van der Waals surface area contributed by atoms with Crippen molar-refractivity contribution < 1.29 is 14.4 Å². The van der Waals surface area contributed by atoms with Gasteiger partial charge in [-0.15, -0.1) is 0 Å². The summed E-state index contributed by atoms with van der Waals surface area (Å²) < 4.78 is 0. The van der Waals surface area contributed by atoms with Crippen molar-refractivity contribution in [2.24, 2.45) is 0 Å². The highest BCUT2D eigenvalue weighted by molar-refractivity contribution is 6.31. The molecule has 0 aliphatic heterocycles. The Morgan fingerprint density at radius 2 is 1.77 bits per heavy atom. The van der Waals surface area contributed by atoms with E-state index in [2.05, 4.69) is 16.0 Å². The van der Waals surface area contributed by atoms with E-state index in [-0.39, 0.29) is 24.3 Å². The fourth-order valence-electron chi connectivity index (χ4n) is 2.17. The van der Waals surface area contributed by atoms with Gasteiger partial charge in [0.25, 0.3) is 5.91 Å². The smallest absolute Gasteiger partial charge is 0.251 e. The van der Waals surface area contributed by atoms with E-state index in [1.54, 1.807) is 43.3 Å². The average Bonchev–Trinajstić information content (AvgIpc) is 2.62. The molecule has 3 amide bonds. The predicted molar refractivity (Wildman–Crippen MR) is 103 cm³/mol. The maximum absolute atomic E-state index is 12.1. The second-order valence-electron chi connectivity index (χ2n) is 5.67. The molecule has 0 bridgehead atoms. The molecule has 0 fully saturated rings. The SMILES string of the molecule is CCC(=O)Nc1ccc(C)c(NC(=O)CNC(=O)c2cccc(Cl)c2)c1. The first-order valence-corrected chi connectivity index (χ1v) is 8.51. The summed E-state index contributed by atoms with van der Waals surface area (Å²) in [6.45, 7) is 3.41. The number of carbonyl (C=O) groups is 3. The molecule has 0 aromatic heterocycles. The number of hydrogen-bond acceptors (Lipinski definition) is 3. The first kappa shape index (κ1) is 19.5. The number of carbonyl (C=O) groups excluding carboxylic acids is 3. The van der Waals surface area contributed by atoms with Crippen LogP contribution < -0.4 is 16.0 Å². The molecule has 2 aromatic carbocycles. The van der Waals surface area contributed by atoms with Crippen LogP contribution in [0.2, 0.25) is 5.02 Å². The lowest BCUT2D eigenvalue weighted by atomic mass is 10.1. The van der Waals surface area contributed by atoms with Crippen molar-refractivity contribution in [3.8, 4) is 0 Å². The zero-order valence-corrected chi connectivity index (χ0v) is 15.3. The van der Waals surface area contributed by atoms with Crippen LogP contribution in [0.25, 0.3) is 0 Å². The van der Waals surface area contributed by atoms with Crippen LogP contribution >= 0.6 is 11.6 Å². The monoisotopic (exact) mass is 373 g/mol. The van der Waals surface area contributed by atoms with Gasteiger partial charge in [0, 0.05) is 28.4 Å². The Bertz CT molecular complexity index is 837. The van der Waals surface area contributed by atoms with Crippen molar-refractivity contribution in [3.63, 3.8) is 0 Å². The van der Waals surface area contributed by atoms with E-state index in [4.69, 9.17) is 11.6 Å². The largest absolute Gasteiger partial charge is 0.343 e. The van der Waals surface area contributed by atoms with E-state index in [1.165, 1.54) is 6.07 Å². The van der Waals surface area contributed by atoms with Gasteiger partial charge >= 0.3 is 0 Å². The molecule has 3 N–H and O–H groups in total. The van der Waals surface area contributed by atoms with Gasteiger partial charge in [-0.2, -0.15) is 0 Å². The molecule has 0 aliphatic carbocycles. The van der Waals surface area contributed by atoms with Crippen molar-refractivity contribution in [2.75, 3.05) is 17.2 Å². The fraction of sp³-hybridized carbons (Fsp3) is 0.211. The third-order valence-corrected chi connectivity index (χ3v) is 3.85. The molecular formula is C19H20ClN3O3. The molecule has 0 saturated heterocycles. The molecule has 26 heavy (non-hydrogen) atoms. The Morgan fingerprint density at radius 1 is 1.00 bits per heavy atom. The molecule has 6 nitrogen and oxygen atoms in total. The summed E-state index contributed by atoms with van der Waals surface area (Å²) in [5, 5.41) is 8.46. The molecule has 7 heteroatoms. The van der Waals surface area contributed by atoms with Gasteiger partial charge in [-0.05, 0) is 42.8 Å². The van der Waals surface area contributed by atoms with Crippen molar-refractivity contribution in [3.05, 3.63) is 58.6 Å². The van der Waals surface area contributed by atoms with Crippen molar-refractivity contribution in [1.82, 2.24) is 5.32 Å². The first-order valence-electron chi connectivity index (χ1n) is 8.13. The van der Waals surface area contributed by atoms with Gasteiger partial charge in [-0.25, -0.2) is 0 Å². The van der Waals surface area contributed by atoms with Gasteiger partial charge < -0.3 is 16.0 Å². The molecule has 2 aromatic rings. The van der Waals surface area contributed by atoms with Crippen LogP contribution in [0.3, 0.4) is 0 Å². The summed E-state index contributed by atoms with van der Waals surface area (Å²) in [7, 11) is 0. The zero-order chi connectivity index (χ0) is 19.1. The number of benzene rings is 2. The Labute approximate surface area is 156 Å².